The molecule has 1 amide bonds. The van der Waals surface area contributed by atoms with E-state index in [4.69, 9.17) is 4.74 Å². The van der Waals surface area contributed by atoms with Crippen LogP contribution < -0.4 is 10.2 Å². The number of benzene rings is 2. The molecule has 0 radical (unpaired) electrons. The predicted octanol–water partition coefficient (Wildman–Crippen LogP) is 2.75. The van der Waals surface area contributed by atoms with Crippen LogP contribution >= 0.6 is 0 Å². The van der Waals surface area contributed by atoms with E-state index in [9.17, 15) is 15.0 Å². The Morgan fingerprint density at radius 1 is 1.24 bits per heavy atom. The third-order valence-electron chi connectivity index (χ3n) is 3.55. The highest BCUT2D eigenvalue weighted by Gasteiger charge is 2.10. The second-order valence-electron chi connectivity index (χ2n) is 5.41. The summed E-state index contributed by atoms with van der Waals surface area (Å²) in [5.74, 6) is 0.526. The van der Waals surface area contributed by atoms with Crippen LogP contribution in [0.3, 0.4) is 0 Å². The van der Waals surface area contributed by atoms with Gasteiger partial charge in [0.25, 0.3) is 0 Å². The van der Waals surface area contributed by atoms with Crippen molar-refractivity contribution in [2.45, 2.75) is 25.9 Å². The van der Waals surface area contributed by atoms with Crippen molar-refractivity contribution in [1.29, 1.82) is 0 Å². The molecule has 0 bridgehead atoms. The van der Waals surface area contributed by atoms with Crippen molar-refractivity contribution >= 4 is 12.1 Å². The van der Waals surface area contributed by atoms with Crippen LogP contribution in [-0.2, 0) is 4.79 Å². The number of nitrogens with one attached hydrogen (secondary N) is 1. The lowest BCUT2D eigenvalue weighted by Crippen LogP contribution is -2.18. The molecule has 6 nitrogen and oxygen atoms in total. The Kier molecular flexibility index (Phi) is 6.98. The van der Waals surface area contributed by atoms with E-state index in [1.54, 1.807) is 42.5 Å². The second kappa shape index (κ2) is 9.44. The van der Waals surface area contributed by atoms with E-state index in [2.05, 4.69) is 10.5 Å². The molecule has 0 aliphatic heterocycles. The summed E-state index contributed by atoms with van der Waals surface area (Å²) in [5, 5.41) is 23.5. The number of nitrogens with zero attached hydrogens (tertiary/aromatic N) is 1. The van der Waals surface area contributed by atoms with Gasteiger partial charge in [-0.3, -0.25) is 4.79 Å². The summed E-state index contributed by atoms with van der Waals surface area (Å²) in [7, 11) is 0. The van der Waals surface area contributed by atoms with Crippen molar-refractivity contribution in [3.8, 4) is 11.5 Å². The maximum Gasteiger partial charge on any atom is 0.240 e. The van der Waals surface area contributed by atoms with Crippen molar-refractivity contribution in [2.75, 3.05) is 6.61 Å². The van der Waals surface area contributed by atoms with Gasteiger partial charge in [-0.25, -0.2) is 5.43 Å². The van der Waals surface area contributed by atoms with Gasteiger partial charge in [-0.15, -0.1) is 0 Å². The number of hydrogen-bond acceptors (Lipinski definition) is 5. The Morgan fingerprint density at radius 2 is 1.96 bits per heavy atom. The van der Waals surface area contributed by atoms with E-state index in [-0.39, 0.29) is 24.5 Å². The van der Waals surface area contributed by atoms with Crippen LogP contribution in [0.5, 0.6) is 11.5 Å². The molecule has 0 saturated heterocycles. The molecule has 6 heteroatoms. The number of aromatic hydroxyl groups is 1. The standard InChI is InChI=1S/C19H22N2O4/c1-2-25-16-9-7-14(8-10-16)18(23)11-12-19(24)21-20-13-15-5-3-4-6-17(15)22/h3-10,13,18,22-23H,2,11-12H2,1H3,(H,21,24)/b20-13+/t18-/m1/s1. The molecule has 1 atom stereocenters. The number of aliphatic hydroxyl groups is 1. The number of rotatable bonds is 8. The Balaban J connectivity index is 1.78. The Morgan fingerprint density at radius 3 is 2.64 bits per heavy atom. The highest BCUT2D eigenvalue weighted by Crippen LogP contribution is 2.21. The van der Waals surface area contributed by atoms with Gasteiger partial charge in [-0.2, -0.15) is 5.10 Å². The fourth-order valence-electron chi connectivity index (χ4n) is 2.21. The van der Waals surface area contributed by atoms with E-state index in [1.165, 1.54) is 12.3 Å². The summed E-state index contributed by atoms with van der Waals surface area (Å²) in [6.07, 6.45) is 1.05. The van der Waals surface area contributed by atoms with Crippen molar-refractivity contribution in [1.82, 2.24) is 5.43 Å². The van der Waals surface area contributed by atoms with E-state index in [0.29, 0.717) is 12.2 Å². The number of carbonyl (C=O) groups is 1. The third-order valence-corrected chi connectivity index (χ3v) is 3.55. The first-order valence-corrected chi connectivity index (χ1v) is 8.11. The van der Waals surface area contributed by atoms with Crippen molar-refractivity contribution in [2.24, 2.45) is 5.10 Å². The molecule has 25 heavy (non-hydrogen) atoms. The van der Waals surface area contributed by atoms with E-state index in [0.717, 1.165) is 11.3 Å². The SMILES string of the molecule is CCOc1ccc([C@H](O)CCC(=O)N/N=C/c2ccccc2O)cc1. The van der Waals surface area contributed by atoms with Gasteiger partial charge in [0.2, 0.25) is 5.91 Å². The molecule has 2 aromatic rings. The predicted molar refractivity (Wildman–Crippen MR) is 95.6 cm³/mol. The number of phenolic OH excluding ortho intramolecular Hbond substituents is 1. The summed E-state index contributed by atoms with van der Waals surface area (Å²) in [6.45, 7) is 2.49. The monoisotopic (exact) mass is 342 g/mol. The number of hydrazone groups is 1. The van der Waals surface area contributed by atoms with Gasteiger partial charge in [-0.05, 0) is 43.2 Å². The lowest BCUT2D eigenvalue weighted by molar-refractivity contribution is -0.121. The molecule has 0 fully saturated rings. The van der Waals surface area contributed by atoms with Gasteiger partial charge in [0, 0.05) is 12.0 Å². The summed E-state index contributed by atoms with van der Waals surface area (Å²) in [4.78, 5) is 11.8. The summed E-state index contributed by atoms with van der Waals surface area (Å²) in [5.41, 5.74) is 3.62. The first-order valence-electron chi connectivity index (χ1n) is 8.11. The zero-order valence-electron chi connectivity index (χ0n) is 14.1. The highest BCUT2D eigenvalue weighted by molar-refractivity contribution is 5.84. The van der Waals surface area contributed by atoms with Crippen molar-refractivity contribution in [3.63, 3.8) is 0 Å². The number of aliphatic hydroxyl groups excluding tert-OH is 1. The zero-order chi connectivity index (χ0) is 18.1. The van der Waals surface area contributed by atoms with E-state index >= 15 is 0 Å². The Bertz CT molecular complexity index is 714. The van der Waals surface area contributed by atoms with Gasteiger partial charge in [0.1, 0.15) is 11.5 Å². The number of phenols is 1. The molecule has 0 aliphatic rings. The second-order valence-corrected chi connectivity index (χ2v) is 5.41. The van der Waals surface area contributed by atoms with Gasteiger partial charge < -0.3 is 14.9 Å². The number of hydrogen-bond donors (Lipinski definition) is 3. The summed E-state index contributed by atoms with van der Waals surface area (Å²) in [6, 6.07) is 13.8. The first-order chi connectivity index (χ1) is 12.1. The topological polar surface area (TPSA) is 91.2 Å². The van der Waals surface area contributed by atoms with Gasteiger partial charge in [0.15, 0.2) is 0 Å². The maximum absolute atomic E-state index is 11.8. The minimum atomic E-state index is -0.733. The lowest BCUT2D eigenvalue weighted by atomic mass is 10.0. The quantitative estimate of drug-likeness (QED) is 0.508. The highest BCUT2D eigenvalue weighted by atomic mass is 16.5. The minimum absolute atomic E-state index is 0.0893. The van der Waals surface area contributed by atoms with Crippen molar-refractivity contribution in [3.05, 3.63) is 59.7 Å². The summed E-state index contributed by atoms with van der Waals surface area (Å²) >= 11 is 0. The minimum Gasteiger partial charge on any atom is -0.507 e. The largest absolute Gasteiger partial charge is 0.507 e. The summed E-state index contributed by atoms with van der Waals surface area (Å²) < 4.78 is 5.35. The van der Waals surface area contributed by atoms with E-state index in [1.807, 2.05) is 6.92 Å². The number of para-hydroxylation sites is 1. The zero-order valence-corrected chi connectivity index (χ0v) is 14.1. The van der Waals surface area contributed by atoms with Gasteiger partial charge >= 0.3 is 0 Å². The van der Waals surface area contributed by atoms with Crippen LogP contribution in [0.25, 0.3) is 0 Å². The molecular formula is C19H22N2O4. The van der Waals surface area contributed by atoms with E-state index < -0.39 is 6.10 Å². The smallest absolute Gasteiger partial charge is 0.240 e. The van der Waals surface area contributed by atoms with Crippen LogP contribution in [0, 0.1) is 0 Å². The number of carbonyl (C=O) groups excluding carboxylic acids is 1. The molecule has 132 valence electrons. The molecule has 0 heterocycles. The van der Waals surface area contributed by atoms with Gasteiger partial charge in [-0.1, -0.05) is 24.3 Å². The van der Waals surface area contributed by atoms with Gasteiger partial charge in [0.05, 0.1) is 18.9 Å². The molecule has 0 unspecified atom stereocenters. The Hall–Kier alpha value is -2.86. The molecule has 2 aromatic carbocycles. The number of ether oxygens (including phenoxy) is 1. The molecule has 0 aromatic heterocycles. The normalized spacial score (nSPS) is 12.1. The third kappa shape index (κ3) is 5.93. The number of amides is 1. The van der Waals surface area contributed by atoms with Crippen LogP contribution in [0.15, 0.2) is 53.6 Å². The molecule has 2 rings (SSSR count). The fourth-order valence-corrected chi connectivity index (χ4v) is 2.21. The average Bonchev–Trinajstić information content (AvgIpc) is 2.62. The van der Waals surface area contributed by atoms with Crippen LogP contribution in [0.4, 0.5) is 0 Å². The molecule has 0 spiro atoms. The average molecular weight is 342 g/mol. The lowest BCUT2D eigenvalue weighted by Gasteiger charge is -2.11. The first kappa shape index (κ1) is 18.5. The molecular weight excluding hydrogens is 320 g/mol. The molecule has 3 N–H and O–H groups in total. The fraction of sp³-hybridized carbons (Fsp3) is 0.263. The van der Waals surface area contributed by atoms with Crippen molar-refractivity contribution < 1.29 is 19.7 Å². The van der Waals surface area contributed by atoms with Crippen LogP contribution in [0.1, 0.15) is 37.0 Å². The molecule has 0 aliphatic carbocycles. The molecule has 0 saturated carbocycles. The van der Waals surface area contributed by atoms with Crippen LogP contribution in [-0.4, -0.2) is 28.9 Å². The Labute approximate surface area is 146 Å². The maximum atomic E-state index is 11.8. The van der Waals surface area contributed by atoms with Crippen LogP contribution in [0.2, 0.25) is 0 Å².